The number of hydrogen-bond acceptors (Lipinski definition) is 4. The third kappa shape index (κ3) is 4.65. The largest absolute Gasteiger partial charge is 0.487 e. The highest BCUT2D eigenvalue weighted by atomic mass is 16.5. The van der Waals surface area contributed by atoms with E-state index >= 15 is 0 Å². The Balaban J connectivity index is 1.17. The van der Waals surface area contributed by atoms with Crippen LogP contribution in [0, 0.1) is 0 Å². The van der Waals surface area contributed by atoms with Crippen molar-refractivity contribution >= 4 is 11.6 Å². The number of piperazine rings is 1. The lowest BCUT2D eigenvalue weighted by atomic mass is 10.1. The molecule has 32 heavy (non-hydrogen) atoms. The number of ether oxygens (including phenoxy) is 1. The lowest BCUT2D eigenvalue weighted by Crippen LogP contribution is -2.48. The van der Waals surface area contributed by atoms with Gasteiger partial charge in [0.2, 0.25) is 0 Å². The SMILES string of the molecule is O=C(c1cccc(OCc2cn3ccccc3n2)c1)N1CCN(Cc2ccccc2)CC1. The van der Waals surface area contributed by atoms with Crippen molar-refractivity contribution in [1.82, 2.24) is 19.2 Å². The maximum Gasteiger partial charge on any atom is 0.254 e. The third-order valence-corrected chi connectivity index (χ3v) is 5.79. The van der Waals surface area contributed by atoms with E-state index in [9.17, 15) is 4.79 Å². The Morgan fingerprint density at radius 3 is 2.53 bits per heavy atom. The zero-order valence-corrected chi connectivity index (χ0v) is 17.9. The van der Waals surface area contributed by atoms with Crippen LogP contribution in [0.2, 0.25) is 0 Å². The number of benzene rings is 2. The topological polar surface area (TPSA) is 50.1 Å². The van der Waals surface area contributed by atoms with Crippen molar-refractivity contribution in [3.63, 3.8) is 0 Å². The summed E-state index contributed by atoms with van der Waals surface area (Å²) in [6, 6.07) is 23.8. The Hall–Kier alpha value is -3.64. The minimum Gasteiger partial charge on any atom is -0.487 e. The number of rotatable bonds is 6. The Kier molecular flexibility index (Phi) is 5.85. The Labute approximate surface area is 187 Å². The summed E-state index contributed by atoms with van der Waals surface area (Å²) in [7, 11) is 0. The van der Waals surface area contributed by atoms with E-state index in [-0.39, 0.29) is 5.91 Å². The maximum absolute atomic E-state index is 13.0. The smallest absolute Gasteiger partial charge is 0.254 e. The van der Waals surface area contributed by atoms with Gasteiger partial charge in [0, 0.05) is 50.7 Å². The molecule has 0 bridgehead atoms. The quantitative estimate of drug-likeness (QED) is 0.470. The first-order valence-electron chi connectivity index (χ1n) is 11.0. The zero-order valence-electron chi connectivity index (χ0n) is 17.9. The summed E-state index contributed by atoms with van der Waals surface area (Å²) in [4.78, 5) is 21.9. The Bertz CT molecular complexity index is 1160. The molecule has 0 atom stereocenters. The van der Waals surface area contributed by atoms with Crippen molar-refractivity contribution in [2.75, 3.05) is 26.2 Å². The minimum atomic E-state index is 0.0579. The molecule has 1 amide bonds. The van der Waals surface area contributed by atoms with E-state index in [0.717, 1.165) is 44.1 Å². The van der Waals surface area contributed by atoms with Crippen molar-refractivity contribution in [2.45, 2.75) is 13.2 Å². The van der Waals surface area contributed by atoms with Gasteiger partial charge in [-0.3, -0.25) is 9.69 Å². The van der Waals surface area contributed by atoms with Gasteiger partial charge in [-0.05, 0) is 35.9 Å². The van der Waals surface area contributed by atoms with Crippen molar-refractivity contribution in [3.05, 3.63) is 102 Å². The first kappa shape index (κ1) is 20.3. The van der Waals surface area contributed by atoms with Gasteiger partial charge in [-0.1, -0.05) is 42.5 Å². The van der Waals surface area contributed by atoms with Crippen LogP contribution < -0.4 is 4.74 Å². The van der Waals surface area contributed by atoms with Crippen LogP contribution in [0.4, 0.5) is 0 Å². The van der Waals surface area contributed by atoms with E-state index in [1.165, 1.54) is 5.56 Å². The molecule has 0 N–H and O–H groups in total. The van der Waals surface area contributed by atoms with Gasteiger partial charge in [0.15, 0.2) is 0 Å². The van der Waals surface area contributed by atoms with Crippen molar-refractivity contribution < 1.29 is 9.53 Å². The van der Waals surface area contributed by atoms with E-state index in [1.807, 2.05) is 70.2 Å². The van der Waals surface area contributed by atoms with Crippen LogP contribution in [-0.2, 0) is 13.2 Å². The van der Waals surface area contributed by atoms with Gasteiger partial charge in [0.05, 0.1) is 5.69 Å². The second-order valence-corrected chi connectivity index (χ2v) is 8.07. The highest BCUT2D eigenvalue weighted by Gasteiger charge is 2.22. The number of carbonyl (C=O) groups is 1. The molecule has 2 aromatic carbocycles. The van der Waals surface area contributed by atoms with Crippen LogP contribution in [0.5, 0.6) is 5.75 Å². The van der Waals surface area contributed by atoms with E-state index in [2.05, 4.69) is 34.1 Å². The van der Waals surface area contributed by atoms with Gasteiger partial charge in [-0.2, -0.15) is 0 Å². The van der Waals surface area contributed by atoms with E-state index in [4.69, 9.17) is 4.74 Å². The van der Waals surface area contributed by atoms with Crippen LogP contribution in [0.3, 0.4) is 0 Å². The zero-order chi connectivity index (χ0) is 21.8. The molecule has 1 saturated heterocycles. The second-order valence-electron chi connectivity index (χ2n) is 8.07. The molecule has 0 saturated carbocycles. The summed E-state index contributed by atoms with van der Waals surface area (Å²) in [6.45, 7) is 4.51. The Morgan fingerprint density at radius 1 is 0.906 bits per heavy atom. The molecule has 1 aliphatic heterocycles. The average molecular weight is 427 g/mol. The lowest BCUT2D eigenvalue weighted by molar-refractivity contribution is 0.0628. The molecule has 6 heteroatoms. The highest BCUT2D eigenvalue weighted by Crippen LogP contribution is 2.18. The van der Waals surface area contributed by atoms with E-state index in [0.29, 0.717) is 17.9 Å². The number of aromatic nitrogens is 2. The summed E-state index contributed by atoms with van der Waals surface area (Å²) in [6.07, 6.45) is 3.92. The maximum atomic E-state index is 13.0. The number of carbonyl (C=O) groups excluding carboxylic acids is 1. The fraction of sp³-hybridized carbons (Fsp3) is 0.231. The predicted molar refractivity (Wildman–Crippen MR) is 124 cm³/mol. The van der Waals surface area contributed by atoms with Gasteiger partial charge in [-0.15, -0.1) is 0 Å². The summed E-state index contributed by atoms with van der Waals surface area (Å²) >= 11 is 0. The molecule has 6 nitrogen and oxygen atoms in total. The summed E-state index contributed by atoms with van der Waals surface area (Å²) in [5.41, 5.74) is 3.71. The molecule has 1 aliphatic rings. The number of amides is 1. The first-order chi connectivity index (χ1) is 15.7. The number of hydrogen-bond donors (Lipinski definition) is 0. The Morgan fingerprint density at radius 2 is 1.72 bits per heavy atom. The molecule has 0 aliphatic carbocycles. The van der Waals surface area contributed by atoms with Crippen molar-refractivity contribution in [3.8, 4) is 5.75 Å². The van der Waals surface area contributed by atoms with Crippen molar-refractivity contribution in [2.24, 2.45) is 0 Å². The molecule has 5 rings (SSSR count). The summed E-state index contributed by atoms with van der Waals surface area (Å²) in [5, 5.41) is 0. The molecule has 0 unspecified atom stereocenters. The molecule has 3 heterocycles. The molecule has 0 radical (unpaired) electrons. The van der Waals surface area contributed by atoms with Crippen LogP contribution in [0.1, 0.15) is 21.6 Å². The van der Waals surface area contributed by atoms with Crippen LogP contribution >= 0.6 is 0 Å². The van der Waals surface area contributed by atoms with Crippen LogP contribution in [0.25, 0.3) is 5.65 Å². The number of imidazole rings is 1. The molecule has 162 valence electrons. The van der Waals surface area contributed by atoms with Gasteiger partial charge < -0.3 is 14.0 Å². The molecule has 1 fully saturated rings. The molecular weight excluding hydrogens is 400 g/mol. The monoisotopic (exact) mass is 426 g/mol. The average Bonchev–Trinajstić information content (AvgIpc) is 3.27. The van der Waals surface area contributed by atoms with E-state index in [1.54, 1.807) is 0 Å². The lowest BCUT2D eigenvalue weighted by Gasteiger charge is -2.34. The molecule has 0 spiro atoms. The third-order valence-electron chi connectivity index (χ3n) is 5.79. The van der Waals surface area contributed by atoms with Crippen LogP contribution in [-0.4, -0.2) is 51.3 Å². The van der Waals surface area contributed by atoms with Gasteiger partial charge in [0.25, 0.3) is 5.91 Å². The van der Waals surface area contributed by atoms with Gasteiger partial charge in [0.1, 0.15) is 18.0 Å². The number of fused-ring (bicyclic) bond motifs is 1. The predicted octanol–water partition coefficient (Wildman–Crippen LogP) is 3.87. The molecular formula is C26H26N4O2. The number of pyridine rings is 1. The molecule has 2 aromatic heterocycles. The van der Waals surface area contributed by atoms with E-state index < -0.39 is 0 Å². The van der Waals surface area contributed by atoms with Crippen LogP contribution in [0.15, 0.2) is 85.2 Å². The fourth-order valence-corrected chi connectivity index (χ4v) is 4.07. The fourth-order valence-electron chi connectivity index (χ4n) is 4.07. The molecule has 4 aromatic rings. The first-order valence-corrected chi connectivity index (χ1v) is 11.0. The van der Waals surface area contributed by atoms with Gasteiger partial charge in [-0.25, -0.2) is 4.98 Å². The van der Waals surface area contributed by atoms with Gasteiger partial charge >= 0.3 is 0 Å². The van der Waals surface area contributed by atoms with Crippen molar-refractivity contribution in [1.29, 1.82) is 0 Å². The number of nitrogens with zero attached hydrogens (tertiary/aromatic N) is 4. The normalized spacial score (nSPS) is 14.6. The minimum absolute atomic E-state index is 0.0579. The second kappa shape index (κ2) is 9.24. The standard InChI is InChI=1S/C26H26N4O2/c31-26(29-15-13-28(14-16-29)18-21-7-2-1-3-8-21)22-9-6-10-24(17-22)32-20-23-19-30-12-5-4-11-25(30)27-23/h1-12,17,19H,13-16,18,20H2. The summed E-state index contributed by atoms with van der Waals surface area (Å²) in [5.74, 6) is 0.734. The highest BCUT2D eigenvalue weighted by molar-refractivity contribution is 5.94. The summed E-state index contributed by atoms with van der Waals surface area (Å²) < 4.78 is 7.90.